The molecule has 0 saturated carbocycles. The van der Waals surface area contributed by atoms with Crippen LogP contribution < -0.4 is 4.90 Å². The Hall–Kier alpha value is -2.23. The van der Waals surface area contributed by atoms with Crippen LogP contribution in [0.4, 0.5) is 5.69 Å². The van der Waals surface area contributed by atoms with Crippen molar-refractivity contribution in [3.8, 4) is 0 Å². The Morgan fingerprint density at radius 1 is 1.30 bits per heavy atom. The average molecular weight is 460 g/mol. The Bertz CT molecular complexity index is 1040. The molecule has 0 atom stereocenters. The Balaban J connectivity index is 1.68. The first-order valence-electron chi connectivity index (χ1n) is 7.95. The van der Waals surface area contributed by atoms with Gasteiger partial charge in [0.25, 0.3) is 5.91 Å². The van der Waals surface area contributed by atoms with Gasteiger partial charge in [0.15, 0.2) is 5.84 Å². The minimum Gasteiger partial charge on any atom is -0.377 e. The highest BCUT2D eigenvalue weighted by Gasteiger charge is 2.36. The smallest absolute Gasteiger partial charge is 0.283 e. The number of amides is 1. The number of carbonyl (C=O) groups excluding carboxylic acids is 1. The molecule has 9 heteroatoms. The molecule has 0 radical (unpaired) electrons. The van der Waals surface area contributed by atoms with E-state index in [9.17, 15) is 4.79 Å². The second-order valence-corrected chi connectivity index (χ2v) is 8.77. The summed E-state index contributed by atoms with van der Waals surface area (Å²) in [4.78, 5) is 19.6. The van der Waals surface area contributed by atoms with Gasteiger partial charge in [0.2, 0.25) is 5.17 Å². The number of rotatable bonds is 3. The van der Waals surface area contributed by atoms with Crippen LogP contribution in [0.5, 0.6) is 0 Å². The van der Waals surface area contributed by atoms with Gasteiger partial charge in [-0.2, -0.15) is 15.1 Å². The Kier molecular flexibility index (Phi) is 4.75. The summed E-state index contributed by atoms with van der Waals surface area (Å²) in [6.07, 6.45) is 1.68. The van der Waals surface area contributed by atoms with Gasteiger partial charge in [0.1, 0.15) is 5.04 Å². The van der Waals surface area contributed by atoms with Gasteiger partial charge in [0.05, 0.1) is 16.1 Å². The molecule has 4 rings (SSSR count). The minimum atomic E-state index is -0.422. The second-order valence-electron chi connectivity index (χ2n) is 6.01. The molecule has 2 aromatic rings. The van der Waals surface area contributed by atoms with Crippen molar-refractivity contribution in [2.75, 3.05) is 19.0 Å². The van der Waals surface area contributed by atoms with E-state index in [0.29, 0.717) is 5.17 Å². The Labute approximate surface area is 172 Å². The molecule has 1 N–H and O–H groups in total. The number of nitrogens with zero attached hydrogens (tertiary/aromatic N) is 4. The molecule has 3 heterocycles. The molecule has 2 aliphatic rings. The zero-order chi connectivity index (χ0) is 19.1. The van der Waals surface area contributed by atoms with Gasteiger partial charge >= 0.3 is 0 Å². The topological polar surface area (TPSA) is 72.1 Å². The predicted octanol–water partition coefficient (Wildman–Crippen LogP) is 4.24. The van der Waals surface area contributed by atoms with E-state index in [4.69, 9.17) is 5.41 Å². The molecule has 0 spiro atoms. The summed E-state index contributed by atoms with van der Waals surface area (Å²) >= 11 is 6.42. The van der Waals surface area contributed by atoms with Crippen LogP contribution >= 0.6 is 39.0 Å². The second kappa shape index (κ2) is 7.06. The number of aliphatic imine (C=N–C) groups is 1. The number of hydrogen-bond acceptors (Lipinski definition) is 6. The average Bonchev–Trinajstić information content (AvgIpc) is 3.27. The minimum absolute atomic E-state index is 0.0388. The van der Waals surface area contributed by atoms with Crippen molar-refractivity contribution >= 4 is 72.7 Å². The maximum absolute atomic E-state index is 12.5. The van der Waals surface area contributed by atoms with Gasteiger partial charge in [-0.3, -0.25) is 10.2 Å². The largest absolute Gasteiger partial charge is 0.377 e. The summed E-state index contributed by atoms with van der Waals surface area (Å²) in [5, 5.41) is 17.5. The van der Waals surface area contributed by atoms with Gasteiger partial charge in [-0.25, -0.2) is 0 Å². The number of nitrogens with one attached hydrogen (secondary N) is 1. The number of amidine groups is 2. The lowest BCUT2D eigenvalue weighted by atomic mass is 10.1. The molecule has 0 saturated heterocycles. The molecule has 1 aromatic carbocycles. The van der Waals surface area contributed by atoms with Crippen LogP contribution in [0.15, 0.2) is 55.9 Å². The van der Waals surface area contributed by atoms with E-state index in [-0.39, 0.29) is 11.4 Å². The van der Waals surface area contributed by atoms with Crippen LogP contribution in [-0.4, -0.2) is 41.1 Å². The molecule has 2 aliphatic heterocycles. The highest BCUT2D eigenvalue weighted by molar-refractivity contribution is 9.10. The van der Waals surface area contributed by atoms with Gasteiger partial charge in [-0.05, 0) is 62.9 Å². The molecule has 6 nitrogen and oxygen atoms in total. The van der Waals surface area contributed by atoms with Crippen molar-refractivity contribution in [3.05, 3.63) is 56.2 Å². The van der Waals surface area contributed by atoms with Crippen LogP contribution in [-0.2, 0) is 4.79 Å². The zero-order valence-electron chi connectivity index (χ0n) is 14.4. The quantitative estimate of drug-likeness (QED) is 0.696. The predicted molar refractivity (Wildman–Crippen MR) is 117 cm³/mol. The van der Waals surface area contributed by atoms with Crippen LogP contribution in [0.3, 0.4) is 0 Å². The van der Waals surface area contributed by atoms with E-state index in [1.54, 1.807) is 17.4 Å². The lowest BCUT2D eigenvalue weighted by Gasteiger charge is -2.20. The molecule has 136 valence electrons. The van der Waals surface area contributed by atoms with Gasteiger partial charge in [-0.15, -0.1) is 11.3 Å². The lowest BCUT2D eigenvalue weighted by molar-refractivity contribution is -0.114. The number of carbonyl (C=O) groups is 1. The number of thiophene rings is 1. The first-order chi connectivity index (χ1) is 12.9. The highest BCUT2D eigenvalue weighted by atomic mass is 79.9. The SMILES string of the molecule is CN(C)c1ccc(C=C2C(=N)N3N=C(c4cccs4)SC3=NC2=O)cc1Br. The third kappa shape index (κ3) is 3.38. The van der Waals surface area contributed by atoms with Crippen molar-refractivity contribution < 1.29 is 4.79 Å². The molecule has 0 fully saturated rings. The maximum atomic E-state index is 12.5. The standard InChI is InChI=1S/C18H14BrN5OS2/c1-23(2)13-6-5-10(9-12(13)19)8-11-15(20)24-18(21-16(11)25)27-17(22-24)14-4-3-7-26-14/h3-9,20H,1-2H3. The molecular weight excluding hydrogens is 446 g/mol. The fraction of sp³-hybridized carbons (Fsp3) is 0.111. The van der Waals surface area contributed by atoms with Crippen molar-refractivity contribution in [2.45, 2.75) is 0 Å². The van der Waals surface area contributed by atoms with Crippen LogP contribution in [0.1, 0.15) is 10.4 Å². The molecule has 0 bridgehead atoms. The molecule has 1 aromatic heterocycles. The summed E-state index contributed by atoms with van der Waals surface area (Å²) in [7, 11) is 3.92. The fourth-order valence-corrected chi connectivity index (χ4v) is 5.07. The lowest BCUT2D eigenvalue weighted by Crippen LogP contribution is -2.35. The highest BCUT2D eigenvalue weighted by Crippen LogP contribution is 2.33. The summed E-state index contributed by atoms with van der Waals surface area (Å²) in [5.41, 5.74) is 2.07. The number of hydrogen-bond donors (Lipinski definition) is 1. The number of thioether (sulfide) groups is 1. The van der Waals surface area contributed by atoms with Gasteiger partial charge in [-0.1, -0.05) is 12.1 Å². The molecule has 1 amide bonds. The van der Waals surface area contributed by atoms with E-state index in [1.807, 2.05) is 54.7 Å². The summed E-state index contributed by atoms with van der Waals surface area (Å²) < 4.78 is 0.913. The van der Waals surface area contributed by atoms with E-state index < -0.39 is 5.91 Å². The fourth-order valence-electron chi connectivity index (χ4n) is 2.63. The number of halogens is 1. The normalized spacial score (nSPS) is 17.9. The number of anilines is 1. The molecule has 27 heavy (non-hydrogen) atoms. The number of benzene rings is 1. The van der Waals surface area contributed by atoms with Gasteiger partial charge < -0.3 is 4.90 Å². The summed E-state index contributed by atoms with van der Waals surface area (Å²) in [5.74, 6) is -0.383. The van der Waals surface area contributed by atoms with Crippen molar-refractivity contribution in [1.29, 1.82) is 5.41 Å². The molecule has 0 aliphatic carbocycles. The van der Waals surface area contributed by atoms with E-state index >= 15 is 0 Å². The zero-order valence-corrected chi connectivity index (χ0v) is 17.7. The van der Waals surface area contributed by atoms with Crippen molar-refractivity contribution in [2.24, 2.45) is 10.1 Å². The summed E-state index contributed by atoms with van der Waals surface area (Å²) in [6.45, 7) is 0. The number of fused-ring (bicyclic) bond motifs is 1. The Morgan fingerprint density at radius 2 is 2.11 bits per heavy atom. The van der Waals surface area contributed by atoms with Crippen LogP contribution in [0.2, 0.25) is 0 Å². The first-order valence-corrected chi connectivity index (χ1v) is 10.4. The van der Waals surface area contributed by atoms with Gasteiger partial charge in [0, 0.05) is 18.6 Å². The summed E-state index contributed by atoms with van der Waals surface area (Å²) in [6, 6.07) is 9.69. The third-order valence-corrected chi connectivity index (χ3v) is 6.53. The van der Waals surface area contributed by atoms with Crippen molar-refractivity contribution in [3.63, 3.8) is 0 Å². The monoisotopic (exact) mass is 459 g/mol. The first kappa shape index (κ1) is 18.1. The van der Waals surface area contributed by atoms with Crippen LogP contribution in [0, 0.1) is 5.41 Å². The molecular formula is C18H14BrN5OS2. The maximum Gasteiger partial charge on any atom is 0.283 e. The third-order valence-electron chi connectivity index (χ3n) is 3.95. The number of hydrazone groups is 1. The van der Waals surface area contributed by atoms with Crippen LogP contribution in [0.25, 0.3) is 6.08 Å². The Morgan fingerprint density at radius 3 is 2.78 bits per heavy atom. The van der Waals surface area contributed by atoms with E-state index in [2.05, 4.69) is 26.0 Å². The van der Waals surface area contributed by atoms with E-state index in [0.717, 1.165) is 25.6 Å². The van der Waals surface area contributed by atoms with E-state index in [1.165, 1.54) is 16.8 Å². The van der Waals surface area contributed by atoms with Crippen molar-refractivity contribution in [1.82, 2.24) is 5.01 Å². The molecule has 0 unspecified atom stereocenters.